The van der Waals surface area contributed by atoms with Gasteiger partial charge >= 0.3 is 12.3 Å². The van der Waals surface area contributed by atoms with Gasteiger partial charge in [-0.1, -0.05) is 36.4 Å². The minimum atomic E-state index is -4.57. The average Bonchev–Trinajstić information content (AvgIpc) is 3.24. The summed E-state index contributed by atoms with van der Waals surface area (Å²) in [5.41, 5.74) is 1.36. The first-order valence-corrected chi connectivity index (χ1v) is 11.6. The Morgan fingerprint density at radius 2 is 1.61 bits per heavy atom. The van der Waals surface area contributed by atoms with Crippen molar-refractivity contribution >= 4 is 11.8 Å². The average molecular weight is 500 g/mol. The van der Waals surface area contributed by atoms with E-state index in [0.717, 1.165) is 22.9 Å². The third-order valence-electron chi connectivity index (χ3n) is 5.55. The minimum Gasteiger partial charge on any atom is -0.489 e. The Kier molecular flexibility index (Phi) is 7.15. The number of anilines is 1. The lowest BCUT2D eigenvalue weighted by Gasteiger charge is -2.24. The molecule has 0 spiro atoms. The van der Waals surface area contributed by atoms with Crippen LogP contribution in [0.2, 0.25) is 0 Å². The predicted molar refractivity (Wildman–Crippen MR) is 130 cm³/mol. The molecule has 3 aromatic carbocycles. The molecule has 8 heteroatoms. The van der Waals surface area contributed by atoms with Crippen LogP contribution < -0.4 is 14.4 Å². The van der Waals surface area contributed by atoms with Gasteiger partial charge in [0.05, 0.1) is 11.3 Å². The monoisotopic (exact) mass is 499 g/mol. The number of amides is 1. The second kappa shape index (κ2) is 10.1. The fourth-order valence-corrected chi connectivity index (χ4v) is 3.89. The van der Waals surface area contributed by atoms with Crippen LogP contribution >= 0.6 is 0 Å². The third-order valence-corrected chi connectivity index (χ3v) is 5.55. The number of ether oxygens (including phenoxy) is 3. The molecule has 1 aliphatic heterocycles. The third kappa shape index (κ3) is 6.30. The molecule has 0 saturated carbocycles. The number of nitrogens with zero attached hydrogens (tertiary/aromatic N) is 1. The lowest BCUT2D eigenvalue weighted by molar-refractivity contribution is -0.139. The summed E-state index contributed by atoms with van der Waals surface area (Å²) >= 11 is 0. The van der Waals surface area contributed by atoms with Gasteiger partial charge in [0.15, 0.2) is 0 Å². The van der Waals surface area contributed by atoms with Crippen LogP contribution in [0, 0.1) is 0 Å². The SMILES string of the molecule is CC(C)(C)OC(=O)N1CCc2cc(OCc3ccc(OCc4ccccc4)c(C(F)(F)F)c3)ccc21. The second-order valence-corrected chi connectivity index (χ2v) is 9.56. The lowest BCUT2D eigenvalue weighted by Crippen LogP contribution is -2.35. The van der Waals surface area contributed by atoms with E-state index < -0.39 is 23.4 Å². The number of hydrogen-bond donors (Lipinski definition) is 0. The van der Waals surface area contributed by atoms with E-state index in [-0.39, 0.29) is 19.0 Å². The number of carbonyl (C=O) groups is 1. The maximum atomic E-state index is 13.7. The van der Waals surface area contributed by atoms with Crippen molar-refractivity contribution in [2.45, 2.75) is 52.2 Å². The number of hydrogen-bond acceptors (Lipinski definition) is 4. The van der Waals surface area contributed by atoms with Gasteiger partial charge in [0.1, 0.15) is 30.3 Å². The molecule has 0 aromatic heterocycles. The maximum absolute atomic E-state index is 13.7. The molecule has 1 aliphatic rings. The Labute approximate surface area is 208 Å². The van der Waals surface area contributed by atoms with E-state index in [2.05, 4.69) is 0 Å². The van der Waals surface area contributed by atoms with Gasteiger partial charge in [-0.15, -0.1) is 0 Å². The van der Waals surface area contributed by atoms with E-state index in [1.165, 1.54) is 6.07 Å². The molecule has 4 rings (SSSR count). The molecule has 0 aliphatic carbocycles. The number of halogens is 3. The number of fused-ring (bicyclic) bond motifs is 1. The van der Waals surface area contributed by atoms with Gasteiger partial charge in [-0.25, -0.2) is 4.79 Å². The second-order valence-electron chi connectivity index (χ2n) is 9.56. The zero-order chi connectivity index (χ0) is 25.9. The largest absolute Gasteiger partial charge is 0.489 e. The fourth-order valence-electron chi connectivity index (χ4n) is 3.89. The Balaban J connectivity index is 1.43. The molecular formula is C28H28F3NO4. The molecule has 36 heavy (non-hydrogen) atoms. The quantitative estimate of drug-likeness (QED) is 0.361. The molecule has 5 nitrogen and oxygen atoms in total. The molecular weight excluding hydrogens is 471 g/mol. The van der Waals surface area contributed by atoms with Crippen molar-refractivity contribution < 1.29 is 32.2 Å². The normalized spacial score (nSPS) is 13.3. The van der Waals surface area contributed by atoms with E-state index in [1.807, 2.05) is 32.9 Å². The van der Waals surface area contributed by atoms with E-state index in [4.69, 9.17) is 14.2 Å². The summed E-state index contributed by atoms with van der Waals surface area (Å²) in [7, 11) is 0. The summed E-state index contributed by atoms with van der Waals surface area (Å²) in [6.45, 7) is 5.92. The van der Waals surface area contributed by atoms with Gasteiger partial charge in [0.25, 0.3) is 0 Å². The molecule has 0 atom stereocenters. The van der Waals surface area contributed by atoms with Crippen molar-refractivity contribution in [1.29, 1.82) is 0 Å². The standard InChI is InChI=1S/C28H28F3NO4/c1-27(2,3)36-26(33)32-14-13-21-16-22(10-11-24(21)32)34-18-20-9-12-25(23(15-20)28(29,30)31)35-17-19-7-5-4-6-8-19/h4-12,15-16H,13-14,17-18H2,1-3H3. The number of alkyl halides is 3. The van der Waals surface area contributed by atoms with Crippen LogP contribution in [0.3, 0.4) is 0 Å². The minimum absolute atomic E-state index is 0.0369. The van der Waals surface area contributed by atoms with Crippen LogP contribution in [0.4, 0.5) is 23.7 Å². The van der Waals surface area contributed by atoms with Crippen molar-refractivity contribution in [3.63, 3.8) is 0 Å². The van der Waals surface area contributed by atoms with Crippen molar-refractivity contribution in [3.05, 3.63) is 89.0 Å². The molecule has 0 unspecified atom stereocenters. The van der Waals surface area contributed by atoms with Crippen molar-refractivity contribution in [2.24, 2.45) is 0 Å². The molecule has 0 N–H and O–H groups in total. The first-order chi connectivity index (χ1) is 17.0. The molecule has 0 bridgehead atoms. The highest BCUT2D eigenvalue weighted by molar-refractivity contribution is 5.90. The highest BCUT2D eigenvalue weighted by Gasteiger charge is 2.35. The first-order valence-electron chi connectivity index (χ1n) is 11.6. The number of rotatable bonds is 6. The molecule has 190 valence electrons. The van der Waals surface area contributed by atoms with E-state index >= 15 is 0 Å². The molecule has 0 fully saturated rings. The summed E-state index contributed by atoms with van der Waals surface area (Å²) in [4.78, 5) is 14.0. The van der Waals surface area contributed by atoms with Crippen molar-refractivity contribution in [1.82, 2.24) is 0 Å². The molecule has 3 aromatic rings. The van der Waals surface area contributed by atoms with Gasteiger partial charge in [-0.3, -0.25) is 4.90 Å². The Morgan fingerprint density at radius 3 is 2.31 bits per heavy atom. The molecule has 0 saturated heterocycles. The van der Waals surface area contributed by atoms with E-state index in [9.17, 15) is 18.0 Å². The van der Waals surface area contributed by atoms with Crippen LogP contribution in [0.15, 0.2) is 66.7 Å². The van der Waals surface area contributed by atoms with Crippen molar-refractivity contribution in [2.75, 3.05) is 11.4 Å². The van der Waals surface area contributed by atoms with E-state index in [1.54, 1.807) is 47.4 Å². The van der Waals surface area contributed by atoms with Crippen LogP contribution in [-0.4, -0.2) is 18.2 Å². The highest BCUT2D eigenvalue weighted by Crippen LogP contribution is 2.38. The summed E-state index contributed by atoms with van der Waals surface area (Å²) in [5.74, 6) is 0.285. The first kappa shape index (κ1) is 25.4. The van der Waals surface area contributed by atoms with Crippen LogP contribution in [0.1, 0.15) is 43.0 Å². The van der Waals surface area contributed by atoms with Crippen molar-refractivity contribution in [3.8, 4) is 11.5 Å². The van der Waals surface area contributed by atoms with Gasteiger partial charge in [0, 0.05) is 6.54 Å². The highest BCUT2D eigenvalue weighted by atomic mass is 19.4. The van der Waals surface area contributed by atoms with E-state index in [0.29, 0.717) is 24.3 Å². The van der Waals surface area contributed by atoms with Crippen LogP contribution in [-0.2, 0) is 30.5 Å². The molecule has 1 heterocycles. The zero-order valence-electron chi connectivity index (χ0n) is 20.4. The molecule has 1 amide bonds. The molecule has 0 radical (unpaired) electrons. The smallest absolute Gasteiger partial charge is 0.419 e. The number of carbonyl (C=O) groups excluding carboxylic acids is 1. The Morgan fingerprint density at radius 1 is 0.889 bits per heavy atom. The Hall–Kier alpha value is -3.68. The van der Waals surface area contributed by atoms with Crippen LogP contribution in [0.25, 0.3) is 0 Å². The lowest BCUT2D eigenvalue weighted by atomic mass is 10.1. The summed E-state index contributed by atoms with van der Waals surface area (Å²) < 4.78 is 57.8. The number of benzene rings is 3. The maximum Gasteiger partial charge on any atom is 0.419 e. The Bertz CT molecular complexity index is 1220. The summed E-state index contributed by atoms with van der Waals surface area (Å²) in [5, 5.41) is 0. The fraction of sp³-hybridized carbons (Fsp3) is 0.321. The zero-order valence-corrected chi connectivity index (χ0v) is 20.4. The summed E-state index contributed by atoms with van der Waals surface area (Å²) in [6, 6.07) is 18.2. The van der Waals surface area contributed by atoms with Gasteiger partial charge in [0.2, 0.25) is 0 Å². The van der Waals surface area contributed by atoms with Gasteiger partial charge in [-0.2, -0.15) is 13.2 Å². The predicted octanol–water partition coefficient (Wildman–Crippen LogP) is 7.16. The van der Waals surface area contributed by atoms with Crippen LogP contribution in [0.5, 0.6) is 11.5 Å². The topological polar surface area (TPSA) is 48.0 Å². The van der Waals surface area contributed by atoms with Gasteiger partial charge < -0.3 is 14.2 Å². The van der Waals surface area contributed by atoms with Gasteiger partial charge in [-0.05, 0) is 74.2 Å². The summed E-state index contributed by atoms with van der Waals surface area (Å²) in [6.07, 6.45) is -4.35.